The van der Waals surface area contributed by atoms with Gasteiger partial charge in [-0.1, -0.05) is 49.4 Å². The Labute approximate surface area is 194 Å². The van der Waals surface area contributed by atoms with Crippen molar-refractivity contribution >= 4 is 50.4 Å². The minimum Gasteiger partial charge on any atom is -0.454 e. The molecule has 0 saturated heterocycles. The van der Waals surface area contributed by atoms with Crippen LogP contribution in [0.1, 0.15) is 41.5 Å². The molecule has 1 aliphatic rings. The highest BCUT2D eigenvalue weighted by Gasteiger charge is 2.44. The average molecular weight is 466 g/mol. The van der Waals surface area contributed by atoms with E-state index in [1.54, 1.807) is 38.1 Å². The van der Waals surface area contributed by atoms with Crippen LogP contribution in [0.25, 0.3) is 10.2 Å². The number of anilines is 1. The van der Waals surface area contributed by atoms with Crippen LogP contribution in [0.5, 0.6) is 0 Å². The number of esters is 1. The van der Waals surface area contributed by atoms with Crippen LogP contribution in [0.2, 0.25) is 0 Å². The molecule has 0 fully saturated rings. The van der Waals surface area contributed by atoms with Gasteiger partial charge in [-0.3, -0.25) is 24.2 Å². The molecule has 2 heterocycles. The zero-order valence-corrected chi connectivity index (χ0v) is 19.3. The quantitative estimate of drug-likeness (QED) is 0.391. The normalized spacial score (nSPS) is 14.0. The van der Waals surface area contributed by atoms with Gasteiger partial charge in [0, 0.05) is 6.54 Å². The minimum absolute atomic E-state index is 0.255. The Bertz CT molecular complexity index is 1180. The van der Waals surface area contributed by atoms with Crippen molar-refractivity contribution in [3.05, 3.63) is 59.7 Å². The summed E-state index contributed by atoms with van der Waals surface area (Å²) in [6.07, 6.45) is 0. The second kappa shape index (κ2) is 9.11. The molecule has 0 spiro atoms. The van der Waals surface area contributed by atoms with Crippen molar-refractivity contribution < 1.29 is 23.9 Å². The van der Waals surface area contributed by atoms with E-state index in [0.29, 0.717) is 11.7 Å². The molecule has 3 aromatic rings. The summed E-state index contributed by atoms with van der Waals surface area (Å²) in [4.78, 5) is 58.3. The van der Waals surface area contributed by atoms with Crippen molar-refractivity contribution in [2.45, 2.75) is 26.8 Å². The highest BCUT2D eigenvalue weighted by atomic mass is 32.1. The lowest BCUT2D eigenvalue weighted by Crippen LogP contribution is -2.49. The van der Waals surface area contributed by atoms with Crippen molar-refractivity contribution in [1.29, 1.82) is 0 Å². The van der Waals surface area contributed by atoms with Gasteiger partial charge in [0.15, 0.2) is 11.7 Å². The van der Waals surface area contributed by atoms with Gasteiger partial charge in [0.25, 0.3) is 17.7 Å². The molecule has 0 aliphatic carbocycles. The van der Waals surface area contributed by atoms with E-state index < -0.39 is 42.3 Å². The van der Waals surface area contributed by atoms with Crippen LogP contribution in [0.15, 0.2) is 48.5 Å². The van der Waals surface area contributed by atoms with Crippen molar-refractivity contribution in [1.82, 2.24) is 9.88 Å². The SMILES string of the molecule is CCN(C(=O)COC(=O)C(C(C)C)N1C(=O)c2ccccc2C1=O)c1nc2ccccc2s1. The number of carbonyl (C=O) groups excluding carboxylic acids is 4. The lowest BCUT2D eigenvalue weighted by atomic mass is 10.0. The van der Waals surface area contributed by atoms with Gasteiger partial charge in [-0.2, -0.15) is 0 Å². The summed E-state index contributed by atoms with van der Waals surface area (Å²) in [6.45, 7) is 5.08. The van der Waals surface area contributed by atoms with Crippen LogP contribution < -0.4 is 4.90 Å². The van der Waals surface area contributed by atoms with E-state index in [-0.39, 0.29) is 11.1 Å². The lowest BCUT2D eigenvalue weighted by Gasteiger charge is -2.27. The van der Waals surface area contributed by atoms with Crippen LogP contribution in [-0.2, 0) is 14.3 Å². The first kappa shape index (κ1) is 22.6. The molecule has 4 rings (SSSR count). The topological polar surface area (TPSA) is 96.9 Å². The molecule has 0 saturated carbocycles. The van der Waals surface area contributed by atoms with E-state index in [0.717, 1.165) is 15.1 Å². The van der Waals surface area contributed by atoms with Crippen molar-refractivity contribution in [3.63, 3.8) is 0 Å². The number of nitrogens with zero attached hydrogens (tertiary/aromatic N) is 3. The van der Waals surface area contributed by atoms with E-state index in [1.165, 1.54) is 16.2 Å². The number of likely N-dealkylation sites (N-methyl/N-ethyl adjacent to an activating group) is 1. The number of ether oxygens (including phenoxy) is 1. The Morgan fingerprint density at radius 1 is 1.03 bits per heavy atom. The molecular formula is C24H23N3O5S. The van der Waals surface area contributed by atoms with Crippen LogP contribution in [0.3, 0.4) is 0 Å². The van der Waals surface area contributed by atoms with Gasteiger partial charge in [0.05, 0.1) is 21.3 Å². The van der Waals surface area contributed by atoms with Crippen LogP contribution >= 0.6 is 11.3 Å². The summed E-state index contributed by atoms with van der Waals surface area (Å²) in [5.41, 5.74) is 1.29. The van der Waals surface area contributed by atoms with E-state index in [4.69, 9.17) is 4.74 Å². The van der Waals surface area contributed by atoms with E-state index in [2.05, 4.69) is 4.98 Å². The van der Waals surface area contributed by atoms with Gasteiger partial charge in [0.1, 0.15) is 6.04 Å². The number of aromatic nitrogens is 1. The number of amides is 3. The molecule has 3 amide bonds. The fourth-order valence-corrected chi connectivity index (χ4v) is 4.87. The van der Waals surface area contributed by atoms with Gasteiger partial charge < -0.3 is 4.74 Å². The largest absolute Gasteiger partial charge is 0.454 e. The first-order valence-electron chi connectivity index (χ1n) is 10.6. The molecule has 170 valence electrons. The Morgan fingerprint density at radius 3 is 2.21 bits per heavy atom. The molecular weight excluding hydrogens is 442 g/mol. The fraction of sp³-hybridized carbons (Fsp3) is 0.292. The molecule has 0 radical (unpaired) electrons. The average Bonchev–Trinajstić information content (AvgIpc) is 3.33. The Hall–Kier alpha value is -3.59. The molecule has 2 aromatic carbocycles. The summed E-state index contributed by atoms with van der Waals surface area (Å²) >= 11 is 1.37. The summed E-state index contributed by atoms with van der Waals surface area (Å²) in [6, 6.07) is 12.9. The molecule has 1 unspecified atom stereocenters. The highest BCUT2D eigenvalue weighted by molar-refractivity contribution is 7.22. The Balaban J connectivity index is 1.48. The number of hydrogen-bond donors (Lipinski definition) is 0. The van der Waals surface area contributed by atoms with E-state index in [9.17, 15) is 19.2 Å². The van der Waals surface area contributed by atoms with Gasteiger partial charge in [-0.15, -0.1) is 0 Å². The number of fused-ring (bicyclic) bond motifs is 2. The van der Waals surface area contributed by atoms with Crippen LogP contribution in [0, 0.1) is 5.92 Å². The third-order valence-electron chi connectivity index (χ3n) is 5.45. The van der Waals surface area contributed by atoms with Gasteiger partial charge in [-0.25, -0.2) is 9.78 Å². The zero-order valence-electron chi connectivity index (χ0n) is 18.5. The third kappa shape index (κ3) is 4.11. The molecule has 0 N–H and O–H groups in total. The molecule has 9 heteroatoms. The fourth-order valence-electron chi connectivity index (χ4n) is 3.83. The van der Waals surface area contributed by atoms with Crippen molar-refractivity contribution in [3.8, 4) is 0 Å². The third-order valence-corrected chi connectivity index (χ3v) is 6.50. The van der Waals surface area contributed by atoms with E-state index >= 15 is 0 Å². The first-order chi connectivity index (χ1) is 15.8. The number of imide groups is 1. The van der Waals surface area contributed by atoms with Crippen molar-refractivity contribution in [2.75, 3.05) is 18.1 Å². The summed E-state index contributed by atoms with van der Waals surface area (Å²) < 4.78 is 6.26. The van der Waals surface area contributed by atoms with Gasteiger partial charge >= 0.3 is 5.97 Å². The molecule has 1 atom stereocenters. The maximum Gasteiger partial charge on any atom is 0.330 e. The smallest absolute Gasteiger partial charge is 0.330 e. The molecule has 0 bridgehead atoms. The Morgan fingerprint density at radius 2 is 1.64 bits per heavy atom. The number of benzene rings is 2. The summed E-state index contributed by atoms with van der Waals surface area (Å²) in [7, 11) is 0. The summed E-state index contributed by atoms with van der Waals surface area (Å²) in [5.74, 6) is -2.71. The van der Waals surface area contributed by atoms with Crippen molar-refractivity contribution in [2.24, 2.45) is 5.92 Å². The second-order valence-electron chi connectivity index (χ2n) is 7.92. The number of para-hydroxylation sites is 1. The maximum atomic E-state index is 13.0. The monoisotopic (exact) mass is 465 g/mol. The predicted molar refractivity (Wildman–Crippen MR) is 124 cm³/mol. The van der Waals surface area contributed by atoms with Gasteiger partial charge in [0.2, 0.25) is 0 Å². The van der Waals surface area contributed by atoms with E-state index in [1.807, 2.05) is 31.2 Å². The standard InChI is InChI=1S/C24H23N3O5S/c1-4-26(24-25-17-11-7-8-12-18(17)33-24)19(28)13-32-23(31)20(14(2)3)27-21(29)15-9-5-6-10-16(15)22(27)30/h5-12,14,20H,4,13H2,1-3H3. The number of thiazole rings is 1. The highest BCUT2D eigenvalue weighted by Crippen LogP contribution is 2.29. The number of carbonyl (C=O) groups is 4. The van der Waals surface area contributed by atoms with Crippen LogP contribution in [0.4, 0.5) is 5.13 Å². The molecule has 1 aromatic heterocycles. The lowest BCUT2D eigenvalue weighted by molar-refractivity contribution is -0.153. The maximum absolute atomic E-state index is 13.0. The molecule has 33 heavy (non-hydrogen) atoms. The Kier molecular flexibility index (Phi) is 6.24. The number of rotatable bonds is 7. The zero-order chi connectivity index (χ0) is 23.7. The predicted octanol–water partition coefficient (Wildman–Crippen LogP) is 3.51. The first-order valence-corrected chi connectivity index (χ1v) is 11.4. The van der Waals surface area contributed by atoms with Crippen LogP contribution in [-0.4, -0.2) is 52.8 Å². The molecule has 8 nitrogen and oxygen atoms in total. The summed E-state index contributed by atoms with van der Waals surface area (Å²) in [5, 5.41) is 0.514. The minimum atomic E-state index is -1.14. The second-order valence-corrected chi connectivity index (χ2v) is 8.93. The molecule has 1 aliphatic heterocycles. The van der Waals surface area contributed by atoms with Gasteiger partial charge in [-0.05, 0) is 37.1 Å². The number of hydrogen-bond acceptors (Lipinski definition) is 7.